The number of aromatic carboxylic acids is 1. The summed E-state index contributed by atoms with van der Waals surface area (Å²) in [5.41, 5.74) is -4.03. The van der Waals surface area contributed by atoms with Crippen LogP contribution in [-0.2, 0) is 33.5 Å². The number of amides is 4. The highest BCUT2D eigenvalue weighted by Crippen LogP contribution is 2.39. The lowest BCUT2D eigenvalue weighted by Gasteiger charge is -2.28. The molecule has 4 rings (SSSR count). The maximum atomic E-state index is 15.1. The second kappa shape index (κ2) is 22.0. The summed E-state index contributed by atoms with van der Waals surface area (Å²) in [7, 11) is 2.59. The van der Waals surface area contributed by atoms with Crippen LogP contribution in [0.25, 0.3) is 0 Å². The molecule has 4 amide bonds. The summed E-state index contributed by atoms with van der Waals surface area (Å²) in [5, 5.41) is 28.5. The van der Waals surface area contributed by atoms with Crippen molar-refractivity contribution in [1.29, 1.82) is 0 Å². The number of rotatable bonds is 20. The van der Waals surface area contributed by atoms with Crippen molar-refractivity contribution >= 4 is 47.1 Å². The van der Waals surface area contributed by atoms with E-state index in [1.165, 1.54) is 32.4 Å². The van der Waals surface area contributed by atoms with Crippen LogP contribution in [0, 0.1) is 35.1 Å². The quantitative estimate of drug-likeness (QED) is 0.0358. The molecule has 0 bridgehead atoms. The SMILES string of the molecule is CCCC(NC(=O)[C@@H]1C[C@@H](OC(C)(C)C)CC1C(=O)[C@@H](NC(=O)c1c(F)c(F)c(F)c(F)c1C(=O)O)C1=CCCCC1)C(=O)C(=O)NCC(=O)NC(C(=O)O)c1cccc(OC)c1OC. The standard InChI is InChI=1S/C44H52F4N4O13/c1-7-12-25(37(55)41(58)49-19-27(53)51-35(43(61)62)22-15-11-16-26(63-5)38(22)64-6)50-39(56)24-18-21(65-44(2,3)4)17-23(24)36(54)34(20-13-9-8-10-14-20)52-40(57)28-29(42(59)60)31(46)33(48)32(47)30(28)45/h11,13,15-16,21,23-25,34-35H,7-10,12,14,17-19H2,1-6H3,(H,49,58)(H,50,56)(H,51,53)(H,52,57)(H,59,60)(H,61,62)/t21-,23?,24+,25?,34-,35?/m0/s1. The van der Waals surface area contributed by atoms with E-state index in [0.29, 0.717) is 19.3 Å². The number of hydrogen-bond acceptors (Lipinski definition) is 11. The van der Waals surface area contributed by atoms with E-state index >= 15 is 4.39 Å². The fraction of sp³-hybridized carbons (Fsp3) is 0.500. The molecule has 6 N–H and O–H groups in total. The zero-order chi connectivity index (χ0) is 48.5. The van der Waals surface area contributed by atoms with E-state index in [4.69, 9.17) is 14.2 Å². The van der Waals surface area contributed by atoms with Gasteiger partial charge in [0.25, 0.3) is 11.8 Å². The molecule has 2 aromatic carbocycles. The second-order valence-electron chi connectivity index (χ2n) is 16.5. The zero-order valence-electron chi connectivity index (χ0n) is 36.5. The van der Waals surface area contributed by atoms with E-state index in [9.17, 15) is 61.7 Å². The van der Waals surface area contributed by atoms with Crippen molar-refractivity contribution in [2.45, 2.75) is 109 Å². The van der Waals surface area contributed by atoms with Gasteiger partial charge in [0.15, 0.2) is 46.6 Å². The van der Waals surface area contributed by atoms with E-state index in [1.807, 2.05) is 0 Å². The second-order valence-corrected chi connectivity index (χ2v) is 16.5. The lowest BCUT2D eigenvalue weighted by molar-refractivity contribution is -0.143. The fourth-order valence-corrected chi connectivity index (χ4v) is 7.99. The van der Waals surface area contributed by atoms with E-state index in [2.05, 4.69) is 21.3 Å². The van der Waals surface area contributed by atoms with E-state index < -0.39 is 130 Å². The first-order valence-electron chi connectivity index (χ1n) is 20.7. The van der Waals surface area contributed by atoms with E-state index in [-0.39, 0.29) is 54.7 Å². The number of halogens is 4. The van der Waals surface area contributed by atoms with Crippen LogP contribution in [0.15, 0.2) is 29.8 Å². The molecule has 0 spiro atoms. The first-order valence-corrected chi connectivity index (χ1v) is 20.7. The van der Waals surface area contributed by atoms with Crippen LogP contribution in [0.2, 0.25) is 0 Å². The maximum absolute atomic E-state index is 15.1. The monoisotopic (exact) mass is 920 g/mol. The smallest absolute Gasteiger partial charge is 0.339 e. The minimum atomic E-state index is -2.47. The molecular formula is C44H52F4N4O13. The fourth-order valence-electron chi connectivity index (χ4n) is 7.99. The maximum Gasteiger partial charge on any atom is 0.339 e. The molecule has 1 fully saturated rings. The Hall–Kier alpha value is -6.38. The van der Waals surface area contributed by atoms with Crippen LogP contribution in [0.3, 0.4) is 0 Å². The van der Waals surface area contributed by atoms with Gasteiger partial charge in [-0.3, -0.25) is 28.8 Å². The highest BCUT2D eigenvalue weighted by atomic mass is 19.2. The number of ether oxygens (including phenoxy) is 3. The minimum Gasteiger partial charge on any atom is -0.493 e. The van der Waals surface area contributed by atoms with Crippen LogP contribution < -0.4 is 30.7 Å². The Morgan fingerprint density at radius 3 is 2.02 bits per heavy atom. The number of hydrogen-bond donors (Lipinski definition) is 6. The van der Waals surface area contributed by atoms with Gasteiger partial charge in [-0.1, -0.05) is 31.6 Å². The van der Waals surface area contributed by atoms with Crippen LogP contribution in [0.5, 0.6) is 11.5 Å². The van der Waals surface area contributed by atoms with Gasteiger partial charge in [0.2, 0.25) is 17.6 Å². The number of nitrogens with one attached hydrogen (secondary N) is 4. The highest BCUT2D eigenvalue weighted by Gasteiger charge is 2.48. The molecule has 3 unspecified atom stereocenters. The Morgan fingerprint density at radius 1 is 0.815 bits per heavy atom. The van der Waals surface area contributed by atoms with Crippen molar-refractivity contribution in [2.24, 2.45) is 11.8 Å². The van der Waals surface area contributed by atoms with Crippen molar-refractivity contribution < 1.29 is 80.3 Å². The van der Waals surface area contributed by atoms with Crippen molar-refractivity contribution in [3.8, 4) is 11.5 Å². The van der Waals surface area contributed by atoms with Gasteiger partial charge in [-0.05, 0) is 77.4 Å². The summed E-state index contributed by atoms with van der Waals surface area (Å²) >= 11 is 0. The molecule has 6 atom stereocenters. The normalized spacial score (nSPS) is 18.6. The van der Waals surface area contributed by atoms with Gasteiger partial charge in [0, 0.05) is 11.5 Å². The van der Waals surface area contributed by atoms with Crippen molar-refractivity contribution in [2.75, 3.05) is 20.8 Å². The summed E-state index contributed by atoms with van der Waals surface area (Å²) in [6.45, 7) is 5.93. The average molecular weight is 921 g/mol. The number of carbonyl (C=O) groups excluding carboxylic acids is 6. The van der Waals surface area contributed by atoms with Crippen molar-refractivity contribution in [3.05, 3.63) is 69.8 Å². The molecule has 17 nitrogen and oxygen atoms in total. The molecular weight excluding hydrogens is 868 g/mol. The molecule has 2 aliphatic rings. The minimum absolute atomic E-state index is 0.0173. The lowest BCUT2D eigenvalue weighted by atomic mass is 9.82. The first-order chi connectivity index (χ1) is 30.6. The van der Waals surface area contributed by atoms with Gasteiger partial charge >= 0.3 is 11.9 Å². The average Bonchev–Trinajstić information content (AvgIpc) is 3.68. The summed E-state index contributed by atoms with van der Waals surface area (Å²) in [5.74, 6) is -22.8. The van der Waals surface area contributed by atoms with Gasteiger partial charge in [-0.25, -0.2) is 27.2 Å². The number of carboxylic acid groups (broad SMARTS) is 2. The molecule has 0 aromatic heterocycles. The molecule has 0 saturated heterocycles. The molecule has 0 radical (unpaired) electrons. The van der Waals surface area contributed by atoms with E-state index in [0.717, 1.165) is 0 Å². The number of benzene rings is 2. The number of para-hydroxylation sites is 1. The predicted molar refractivity (Wildman–Crippen MR) is 220 cm³/mol. The summed E-state index contributed by atoms with van der Waals surface area (Å²) in [6, 6.07) is -0.524. The predicted octanol–water partition coefficient (Wildman–Crippen LogP) is 4.25. The van der Waals surface area contributed by atoms with Crippen LogP contribution >= 0.6 is 0 Å². The number of allylic oxidation sites excluding steroid dienone is 1. The van der Waals surface area contributed by atoms with Crippen LogP contribution in [0.4, 0.5) is 17.6 Å². The summed E-state index contributed by atoms with van der Waals surface area (Å²) < 4.78 is 74.9. The van der Waals surface area contributed by atoms with Crippen molar-refractivity contribution in [1.82, 2.24) is 21.3 Å². The highest BCUT2D eigenvalue weighted by molar-refractivity contribution is 6.38. The Kier molecular flexibility index (Phi) is 17.4. The van der Waals surface area contributed by atoms with Crippen LogP contribution in [0.1, 0.15) is 111 Å². The van der Waals surface area contributed by atoms with E-state index in [1.54, 1.807) is 33.8 Å². The number of carboxylic acids is 2. The molecule has 354 valence electrons. The molecule has 2 aliphatic carbocycles. The third kappa shape index (κ3) is 12.3. The van der Waals surface area contributed by atoms with Crippen LogP contribution in [-0.4, -0.2) is 102 Å². The Labute approximate surface area is 371 Å². The molecule has 1 saturated carbocycles. The third-order valence-electron chi connectivity index (χ3n) is 10.8. The summed E-state index contributed by atoms with van der Waals surface area (Å²) in [6.07, 6.45) is 2.51. The molecule has 65 heavy (non-hydrogen) atoms. The van der Waals surface area contributed by atoms with Gasteiger partial charge in [0.05, 0.1) is 50.0 Å². The Bertz CT molecular complexity index is 2250. The molecule has 21 heteroatoms. The topological polar surface area (TPSA) is 253 Å². The molecule has 2 aromatic rings. The number of aliphatic carboxylic acids is 1. The van der Waals surface area contributed by atoms with Gasteiger partial charge < -0.3 is 45.7 Å². The number of Topliss-reactive ketones (excluding diaryl/α,β-unsaturated/α-hetero) is 2. The van der Waals surface area contributed by atoms with Gasteiger partial charge in [0.1, 0.15) is 11.6 Å². The lowest BCUT2D eigenvalue weighted by Crippen LogP contribution is -2.52. The Balaban J connectivity index is 1.59. The van der Waals surface area contributed by atoms with Crippen molar-refractivity contribution in [3.63, 3.8) is 0 Å². The number of methoxy groups -OCH3 is 2. The third-order valence-corrected chi connectivity index (χ3v) is 10.8. The van der Waals surface area contributed by atoms with Gasteiger partial charge in [-0.15, -0.1) is 0 Å². The summed E-state index contributed by atoms with van der Waals surface area (Å²) in [4.78, 5) is 106. The number of carbonyl (C=O) groups is 8. The Morgan fingerprint density at radius 2 is 1.46 bits per heavy atom. The van der Waals surface area contributed by atoms with Gasteiger partial charge in [-0.2, -0.15) is 0 Å². The zero-order valence-corrected chi connectivity index (χ0v) is 36.5. The largest absolute Gasteiger partial charge is 0.493 e. The first kappa shape index (κ1) is 51.3. The molecule has 0 heterocycles. The molecule has 0 aliphatic heterocycles. The number of ketones is 2.